The summed E-state index contributed by atoms with van der Waals surface area (Å²) in [5, 5.41) is 18.0. The molecule has 1 saturated carbocycles. The Balaban J connectivity index is 2.25. The van der Waals surface area contributed by atoms with Gasteiger partial charge in [-0.3, -0.25) is 0 Å². The second kappa shape index (κ2) is 5.09. The van der Waals surface area contributed by atoms with Gasteiger partial charge in [-0.15, -0.1) is 0 Å². The van der Waals surface area contributed by atoms with Crippen LogP contribution in [0.5, 0.6) is 0 Å². The number of carbonyl (C=O) groups is 1. The van der Waals surface area contributed by atoms with Crippen molar-refractivity contribution in [1.82, 2.24) is 4.72 Å². The minimum absolute atomic E-state index is 0.0227. The van der Waals surface area contributed by atoms with E-state index in [-0.39, 0.29) is 21.5 Å². The minimum Gasteiger partial charge on any atom is -0.478 e. The number of aromatic carboxylic acids is 1. The fourth-order valence-electron chi connectivity index (χ4n) is 1.81. The van der Waals surface area contributed by atoms with Crippen molar-refractivity contribution >= 4 is 27.6 Å². The molecule has 8 heteroatoms. The molecule has 0 aliphatic heterocycles. The van der Waals surface area contributed by atoms with E-state index in [4.69, 9.17) is 21.8 Å². The zero-order valence-corrected chi connectivity index (χ0v) is 11.3. The molecule has 0 bridgehead atoms. The first kappa shape index (κ1) is 14.3. The van der Waals surface area contributed by atoms with Crippen LogP contribution in [0.2, 0.25) is 5.02 Å². The standard InChI is InChI=1S/C11H12ClNO5S/c12-10-2-1-8(5-9(10)11(15)16)19(17,18)13-6-3-7(14)4-6/h1-2,5-7,13-14H,3-4H2,(H,15,16). The molecule has 0 amide bonds. The van der Waals surface area contributed by atoms with Gasteiger partial charge in [-0.05, 0) is 31.0 Å². The summed E-state index contributed by atoms with van der Waals surface area (Å²) in [5.74, 6) is -1.29. The summed E-state index contributed by atoms with van der Waals surface area (Å²) in [7, 11) is -3.80. The van der Waals surface area contributed by atoms with Gasteiger partial charge in [0.1, 0.15) is 0 Å². The molecular formula is C11H12ClNO5S. The van der Waals surface area contributed by atoms with E-state index >= 15 is 0 Å². The van der Waals surface area contributed by atoms with Crippen molar-refractivity contribution in [1.29, 1.82) is 0 Å². The van der Waals surface area contributed by atoms with Crippen molar-refractivity contribution in [3.63, 3.8) is 0 Å². The number of carboxylic acid groups (broad SMARTS) is 1. The first-order valence-corrected chi connectivity index (χ1v) is 7.39. The van der Waals surface area contributed by atoms with Crippen molar-refractivity contribution in [3.8, 4) is 0 Å². The van der Waals surface area contributed by atoms with E-state index in [1.807, 2.05) is 0 Å². The van der Waals surface area contributed by atoms with Gasteiger partial charge in [0.2, 0.25) is 10.0 Å². The third kappa shape index (κ3) is 3.06. The molecule has 1 aromatic carbocycles. The van der Waals surface area contributed by atoms with Crippen LogP contribution in [0.15, 0.2) is 23.1 Å². The smallest absolute Gasteiger partial charge is 0.337 e. The van der Waals surface area contributed by atoms with E-state index in [2.05, 4.69) is 4.72 Å². The molecule has 0 saturated heterocycles. The van der Waals surface area contributed by atoms with E-state index in [0.717, 1.165) is 6.07 Å². The van der Waals surface area contributed by atoms with Crippen molar-refractivity contribution < 1.29 is 23.4 Å². The molecule has 0 spiro atoms. The van der Waals surface area contributed by atoms with Gasteiger partial charge in [-0.25, -0.2) is 17.9 Å². The number of nitrogens with one attached hydrogen (secondary N) is 1. The Labute approximate surface area is 115 Å². The van der Waals surface area contributed by atoms with E-state index in [9.17, 15) is 13.2 Å². The first-order valence-electron chi connectivity index (χ1n) is 5.53. The van der Waals surface area contributed by atoms with Crippen LogP contribution < -0.4 is 4.72 Å². The number of carboxylic acids is 1. The maximum atomic E-state index is 12.0. The molecule has 0 unspecified atom stereocenters. The topological polar surface area (TPSA) is 104 Å². The van der Waals surface area contributed by atoms with Crippen molar-refractivity contribution in [2.24, 2.45) is 0 Å². The van der Waals surface area contributed by atoms with Gasteiger partial charge < -0.3 is 10.2 Å². The largest absolute Gasteiger partial charge is 0.478 e. The van der Waals surface area contributed by atoms with E-state index in [0.29, 0.717) is 12.8 Å². The molecule has 2 rings (SSSR count). The fraction of sp³-hybridized carbons (Fsp3) is 0.364. The summed E-state index contributed by atoms with van der Waals surface area (Å²) in [4.78, 5) is 10.7. The Hall–Kier alpha value is -1.15. The molecule has 1 aliphatic rings. The lowest BCUT2D eigenvalue weighted by molar-refractivity contribution is 0.0695. The summed E-state index contributed by atoms with van der Waals surface area (Å²) in [6.07, 6.45) is 0.240. The lowest BCUT2D eigenvalue weighted by Crippen LogP contribution is -2.46. The second-order valence-electron chi connectivity index (χ2n) is 4.39. The molecular weight excluding hydrogens is 294 g/mol. The van der Waals surface area contributed by atoms with Gasteiger partial charge in [-0.1, -0.05) is 11.6 Å². The Morgan fingerprint density at radius 2 is 2.00 bits per heavy atom. The summed E-state index contributed by atoms with van der Waals surface area (Å²) < 4.78 is 26.4. The number of rotatable bonds is 4. The Morgan fingerprint density at radius 3 is 2.53 bits per heavy atom. The molecule has 1 aromatic rings. The van der Waals surface area contributed by atoms with Gasteiger partial charge in [-0.2, -0.15) is 0 Å². The third-order valence-corrected chi connectivity index (χ3v) is 4.76. The predicted octanol–water partition coefficient (Wildman–Crippen LogP) is 0.840. The number of hydrogen-bond donors (Lipinski definition) is 3. The van der Waals surface area contributed by atoms with Crippen molar-refractivity contribution in [2.45, 2.75) is 29.9 Å². The molecule has 6 nitrogen and oxygen atoms in total. The lowest BCUT2D eigenvalue weighted by Gasteiger charge is -2.31. The number of hydrogen-bond acceptors (Lipinski definition) is 4. The Morgan fingerprint density at radius 1 is 1.37 bits per heavy atom. The SMILES string of the molecule is O=C(O)c1cc(S(=O)(=O)NC2CC(O)C2)ccc1Cl. The van der Waals surface area contributed by atoms with Gasteiger partial charge in [0, 0.05) is 6.04 Å². The monoisotopic (exact) mass is 305 g/mol. The number of sulfonamides is 1. The Bertz CT molecular complexity index is 610. The van der Waals surface area contributed by atoms with Crippen LogP contribution in [0.25, 0.3) is 0 Å². The molecule has 0 heterocycles. The highest BCUT2D eigenvalue weighted by Crippen LogP contribution is 2.24. The molecule has 19 heavy (non-hydrogen) atoms. The predicted molar refractivity (Wildman–Crippen MR) is 67.8 cm³/mol. The first-order chi connectivity index (χ1) is 8.79. The van der Waals surface area contributed by atoms with Crippen LogP contribution in [0.4, 0.5) is 0 Å². The quantitative estimate of drug-likeness (QED) is 0.765. The molecule has 0 aromatic heterocycles. The number of benzene rings is 1. The average Bonchev–Trinajstić information content (AvgIpc) is 2.26. The van der Waals surface area contributed by atoms with Crippen LogP contribution in [0.1, 0.15) is 23.2 Å². The summed E-state index contributed by atoms with van der Waals surface area (Å²) in [6.45, 7) is 0. The van der Waals surface area contributed by atoms with Crippen LogP contribution >= 0.6 is 11.6 Å². The van der Waals surface area contributed by atoms with Crippen LogP contribution in [-0.2, 0) is 10.0 Å². The second-order valence-corrected chi connectivity index (χ2v) is 6.51. The van der Waals surface area contributed by atoms with E-state index < -0.39 is 22.1 Å². The fourth-order valence-corrected chi connectivity index (χ4v) is 3.29. The number of aliphatic hydroxyl groups is 1. The van der Waals surface area contributed by atoms with Gasteiger partial charge in [0.25, 0.3) is 0 Å². The number of halogens is 1. The Kier molecular flexibility index (Phi) is 3.82. The summed E-state index contributed by atoms with van der Waals surface area (Å²) >= 11 is 5.68. The summed E-state index contributed by atoms with van der Waals surface area (Å²) in [6, 6.07) is 3.17. The maximum Gasteiger partial charge on any atom is 0.337 e. The third-order valence-electron chi connectivity index (χ3n) is 2.91. The lowest BCUT2D eigenvalue weighted by atomic mass is 9.91. The van der Waals surface area contributed by atoms with Gasteiger partial charge >= 0.3 is 5.97 Å². The molecule has 0 atom stereocenters. The number of aliphatic hydroxyl groups excluding tert-OH is 1. The van der Waals surface area contributed by atoms with E-state index in [1.165, 1.54) is 12.1 Å². The molecule has 1 aliphatic carbocycles. The van der Waals surface area contributed by atoms with Crippen LogP contribution in [0, 0.1) is 0 Å². The van der Waals surface area contributed by atoms with Crippen LogP contribution in [-0.4, -0.2) is 36.7 Å². The zero-order valence-electron chi connectivity index (χ0n) is 9.71. The minimum atomic E-state index is -3.80. The summed E-state index contributed by atoms with van der Waals surface area (Å²) in [5.41, 5.74) is -0.266. The van der Waals surface area contributed by atoms with Crippen molar-refractivity contribution in [3.05, 3.63) is 28.8 Å². The van der Waals surface area contributed by atoms with Crippen LogP contribution in [0.3, 0.4) is 0 Å². The molecule has 3 N–H and O–H groups in total. The van der Waals surface area contributed by atoms with Gasteiger partial charge in [0.15, 0.2) is 0 Å². The highest BCUT2D eigenvalue weighted by atomic mass is 35.5. The molecule has 1 fully saturated rings. The highest BCUT2D eigenvalue weighted by Gasteiger charge is 2.31. The molecule has 0 radical (unpaired) electrons. The maximum absolute atomic E-state index is 12.0. The zero-order chi connectivity index (χ0) is 14.2. The van der Waals surface area contributed by atoms with E-state index in [1.54, 1.807) is 0 Å². The molecule has 104 valence electrons. The van der Waals surface area contributed by atoms with Crippen molar-refractivity contribution in [2.75, 3.05) is 0 Å². The normalized spacial score (nSPS) is 22.8. The van der Waals surface area contributed by atoms with Gasteiger partial charge in [0.05, 0.1) is 21.6 Å². The average molecular weight is 306 g/mol. The highest BCUT2D eigenvalue weighted by molar-refractivity contribution is 7.89.